The molecule has 0 aliphatic rings. The van der Waals surface area contributed by atoms with Crippen molar-refractivity contribution in [2.45, 2.75) is 33.6 Å². The van der Waals surface area contributed by atoms with Crippen LogP contribution >= 0.6 is 24.0 Å². The zero-order valence-electron chi connectivity index (χ0n) is 15.0. The monoisotopic (exact) mass is 449 g/mol. The van der Waals surface area contributed by atoms with Crippen LogP contribution in [-0.2, 0) is 11.2 Å². The molecular formula is C18H32IN3O2. The van der Waals surface area contributed by atoms with Crippen LogP contribution in [0.1, 0.15) is 32.8 Å². The summed E-state index contributed by atoms with van der Waals surface area (Å²) in [6.07, 6.45) is 1.77. The first-order chi connectivity index (χ1) is 11.1. The summed E-state index contributed by atoms with van der Waals surface area (Å²) in [7, 11) is 0. The van der Waals surface area contributed by atoms with Crippen LogP contribution in [0.3, 0.4) is 0 Å². The van der Waals surface area contributed by atoms with Crippen molar-refractivity contribution in [2.24, 2.45) is 10.9 Å². The molecule has 1 aromatic rings. The summed E-state index contributed by atoms with van der Waals surface area (Å²) in [6, 6.07) is 7.35. The van der Waals surface area contributed by atoms with Crippen molar-refractivity contribution >= 4 is 29.9 Å². The first-order valence-corrected chi connectivity index (χ1v) is 8.49. The molecule has 0 saturated heterocycles. The third-order valence-corrected chi connectivity index (χ3v) is 3.13. The molecule has 0 amide bonds. The minimum Gasteiger partial charge on any atom is -0.508 e. The average molecular weight is 449 g/mol. The molecular weight excluding hydrogens is 417 g/mol. The molecule has 138 valence electrons. The van der Waals surface area contributed by atoms with Gasteiger partial charge in [-0.05, 0) is 43.4 Å². The molecule has 0 spiro atoms. The summed E-state index contributed by atoms with van der Waals surface area (Å²) in [5, 5.41) is 16.0. The van der Waals surface area contributed by atoms with Crippen molar-refractivity contribution in [2.75, 3.05) is 32.8 Å². The van der Waals surface area contributed by atoms with Gasteiger partial charge in [0.2, 0.25) is 0 Å². The van der Waals surface area contributed by atoms with Gasteiger partial charge in [-0.2, -0.15) is 0 Å². The van der Waals surface area contributed by atoms with Crippen LogP contribution in [0.5, 0.6) is 5.75 Å². The second kappa shape index (κ2) is 14.3. The fraction of sp³-hybridized carbons (Fsp3) is 0.611. The Morgan fingerprint density at radius 2 is 2.08 bits per heavy atom. The summed E-state index contributed by atoms with van der Waals surface area (Å²) in [6.45, 7) is 10.3. The summed E-state index contributed by atoms with van der Waals surface area (Å²) in [5.41, 5.74) is 1.11. The highest BCUT2D eigenvalue weighted by Gasteiger charge is 1.99. The van der Waals surface area contributed by atoms with Crippen LogP contribution in [0.4, 0.5) is 0 Å². The van der Waals surface area contributed by atoms with Crippen LogP contribution in [0, 0.1) is 5.92 Å². The molecule has 0 aliphatic heterocycles. The Balaban J connectivity index is 0.00000529. The predicted octanol–water partition coefficient (Wildman–Crippen LogP) is 3.17. The normalized spacial score (nSPS) is 11.2. The molecule has 6 heteroatoms. The minimum absolute atomic E-state index is 0. The maximum Gasteiger partial charge on any atom is 0.191 e. The summed E-state index contributed by atoms with van der Waals surface area (Å²) < 4.78 is 5.55. The van der Waals surface area contributed by atoms with Crippen molar-refractivity contribution in [1.82, 2.24) is 10.6 Å². The van der Waals surface area contributed by atoms with E-state index < -0.39 is 0 Å². The van der Waals surface area contributed by atoms with Crippen LogP contribution in [0.2, 0.25) is 0 Å². The Hall–Kier alpha value is -1.02. The van der Waals surface area contributed by atoms with Crippen molar-refractivity contribution in [3.05, 3.63) is 29.8 Å². The number of hydrogen-bond acceptors (Lipinski definition) is 3. The molecule has 0 radical (unpaired) electrons. The lowest BCUT2D eigenvalue weighted by Crippen LogP contribution is -2.38. The van der Waals surface area contributed by atoms with E-state index in [0.29, 0.717) is 11.7 Å². The predicted molar refractivity (Wildman–Crippen MR) is 111 cm³/mol. The highest BCUT2D eigenvalue weighted by molar-refractivity contribution is 14.0. The van der Waals surface area contributed by atoms with E-state index in [2.05, 4.69) is 36.4 Å². The Labute approximate surface area is 163 Å². The number of aliphatic imine (C=N–C) groups is 1. The Morgan fingerprint density at radius 1 is 1.29 bits per heavy atom. The standard InChI is InChI=1S/C18H31N3O2.HI/c1-4-19-18(20-10-6-12-23-14-15(2)3)21-11-9-16-7-5-8-17(22)13-16;/h5,7-8,13,15,22H,4,6,9-12,14H2,1-3H3,(H2,19,20,21);1H. The highest BCUT2D eigenvalue weighted by atomic mass is 127. The summed E-state index contributed by atoms with van der Waals surface area (Å²) in [4.78, 5) is 4.54. The Bertz CT molecular complexity index is 467. The van der Waals surface area contributed by atoms with E-state index in [0.717, 1.165) is 57.2 Å². The van der Waals surface area contributed by atoms with E-state index in [9.17, 15) is 5.11 Å². The van der Waals surface area contributed by atoms with E-state index in [-0.39, 0.29) is 24.0 Å². The van der Waals surface area contributed by atoms with Crippen LogP contribution < -0.4 is 10.6 Å². The van der Waals surface area contributed by atoms with E-state index in [1.807, 2.05) is 12.1 Å². The lowest BCUT2D eigenvalue weighted by Gasteiger charge is -2.11. The van der Waals surface area contributed by atoms with Gasteiger partial charge >= 0.3 is 0 Å². The number of guanidine groups is 1. The Morgan fingerprint density at radius 3 is 2.75 bits per heavy atom. The molecule has 24 heavy (non-hydrogen) atoms. The van der Waals surface area contributed by atoms with Crippen molar-refractivity contribution < 1.29 is 9.84 Å². The van der Waals surface area contributed by atoms with Crippen LogP contribution in [-0.4, -0.2) is 43.9 Å². The van der Waals surface area contributed by atoms with E-state index in [1.165, 1.54) is 0 Å². The number of phenols is 1. The van der Waals surface area contributed by atoms with Gasteiger partial charge in [-0.3, -0.25) is 4.99 Å². The summed E-state index contributed by atoms with van der Waals surface area (Å²) in [5.74, 6) is 1.72. The number of hydrogen-bond donors (Lipinski definition) is 3. The SMILES string of the molecule is CCNC(=NCCCOCC(C)C)NCCc1cccc(O)c1.I. The smallest absolute Gasteiger partial charge is 0.191 e. The lowest BCUT2D eigenvalue weighted by molar-refractivity contribution is 0.109. The molecule has 0 aromatic heterocycles. The third-order valence-electron chi connectivity index (χ3n) is 3.13. The maximum absolute atomic E-state index is 9.46. The van der Waals surface area contributed by atoms with E-state index in [4.69, 9.17) is 4.74 Å². The molecule has 0 bridgehead atoms. The second-order valence-electron chi connectivity index (χ2n) is 5.93. The maximum atomic E-state index is 9.46. The molecule has 5 nitrogen and oxygen atoms in total. The van der Waals surface area contributed by atoms with Gasteiger partial charge in [0.05, 0.1) is 0 Å². The van der Waals surface area contributed by atoms with Crippen LogP contribution in [0.15, 0.2) is 29.3 Å². The molecule has 1 rings (SSSR count). The highest BCUT2D eigenvalue weighted by Crippen LogP contribution is 2.10. The van der Waals surface area contributed by atoms with Gasteiger partial charge in [-0.15, -0.1) is 24.0 Å². The van der Waals surface area contributed by atoms with Gasteiger partial charge in [-0.1, -0.05) is 26.0 Å². The van der Waals surface area contributed by atoms with Gasteiger partial charge in [0.15, 0.2) is 5.96 Å². The van der Waals surface area contributed by atoms with Gasteiger partial charge in [-0.25, -0.2) is 0 Å². The molecule has 0 atom stereocenters. The number of ether oxygens (including phenoxy) is 1. The van der Waals surface area contributed by atoms with Gasteiger partial charge < -0.3 is 20.5 Å². The number of rotatable bonds is 10. The topological polar surface area (TPSA) is 65.9 Å². The summed E-state index contributed by atoms with van der Waals surface area (Å²) >= 11 is 0. The number of nitrogens with one attached hydrogen (secondary N) is 2. The number of benzene rings is 1. The second-order valence-corrected chi connectivity index (χ2v) is 5.93. The third kappa shape index (κ3) is 11.5. The molecule has 0 saturated carbocycles. The van der Waals surface area contributed by atoms with Crippen molar-refractivity contribution in [3.63, 3.8) is 0 Å². The van der Waals surface area contributed by atoms with Crippen LogP contribution in [0.25, 0.3) is 0 Å². The molecule has 0 aliphatic carbocycles. The average Bonchev–Trinajstić information content (AvgIpc) is 2.50. The van der Waals surface area contributed by atoms with E-state index >= 15 is 0 Å². The number of aromatic hydroxyl groups is 1. The number of phenolic OH excluding ortho intramolecular Hbond substituents is 1. The largest absolute Gasteiger partial charge is 0.508 e. The lowest BCUT2D eigenvalue weighted by atomic mass is 10.1. The first-order valence-electron chi connectivity index (χ1n) is 8.49. The molecule has 0 fully saturated rings. The van der Waals surface area contributed by atoms with E-state index in [1.54, 1.807) is 12.1 Å². The zero-order chi connectivity index (χ0) is 16.9. The van der Waals surface area contributed by atoms with Gasteiger partial charge in [0.1, 0.15) is 5.75 Å². The fourth-order valence-electron chi connectivity index (χ4n) is 2.06. The number of halogens is 1. The molecule has 3 N–H and O–H groups in total. The zero-order valence-corrected chi connectivity index (χ0v) is 17.4. The Kier molecular flexibility index (Phi) is 13.7. The number of nitrogens with zero attached hydrogens (tertiary/aromatic N) is 1. The molecule has 1 aromatic carbocycles. The molecule has 0 heterocycles. The van der Waals surface area contributed by atoms with Gasteiger partial charge in [0, 0.05) is 32.8 Å². The minimum atomic E-state index is 0. The quantitative estimate of drug-likeness (QED) is 0.222. The van der Waals surface area contributed by atoms with Gasteiger partial charge in [0.25, 0.3) is 0 Å². The molecule has 0 unspecified atom stereocenters. The first kappa shape index (κ1) is 23.0. The van der Waals surface area contributed by atoms with Crippen molar-refractivity contribution in [3.8, 4) is 5.75 Å². The van der Waals surface area contributed by atoms with Crippen molar-refractivity contribution in [1.29, 1.82) is 0 Å². The fourth-order valence-corrected chi connectivity index (χ4v) is 2.06.